The Morgan fingerprint density at radius 3 is 2.84 bits per heavy atom. The van der Waals surface area contributed by atoms with Crippen molar-refractivity contribution < 1.29 is 9.53 Å². The second-order valence-corrected chi connectivity index (χ2v) is 7.62. The number of hydrogen-bond donors (Lipinski definition) is 0. The van der Waals surface area contributed by atoms with Gasteiger partial charge in [0.1, 0.15) is 11.4 Å². The lowest BCUT2D eigenvalue weighted by atomic mass is 10.1. The molecule has 2 aliphatic rings. The number of likely N-dealkylation sites (tertiary alicyclic amines) is 1. The zero-order valence-electron chi connectivity index (χ0n) is 14.2. The second kappa shape index (κ2) is 6.78. The smallest absolute Gasteiger partial charge is 0.222 e. The molecule has 0 atom stereocenters. The third kappa shape index (κ3) is 3.56. The predicted molar refractivity (Wildman–Crippen MR) is 97.3 cm³/mol. The molecule has 1 aliphatic carbocycles. The molecule has 4 rings (SSSR count). The SMILES string of the molecule is CCOc1ccc(-c2cn(C3CN(C(=O)CC4CC4)C3)nn2)cc1Br. The van der Waals surface area contributed by atoms with Gasteiger partial charge in [-0.25, -0.2) is 4.68 Å². The number of amides is 1. The van der Waals surface area contributed by atoms with E-state index < -0.39 is 0 Å². The van der Waals surface area contributed by atoms with Crippen LogP contribution in [-0.2, 0) is 4.79 Å². The monoisotopic (exact) mass is 404 g/mol. The molecule has 1 amide bonds. The molecule has 7 heteroatoms. The van der Waals surface area contributed by atoms with Crippen LogP contribution in [0.5, 0.6) is 5.75 Å². The number of carbonyl (C=O) groups excluding carboxylic acids is 1. The number of hydrogen-bond acceptors (Lipinski definition) is 4. The van der Waals surface area contributed by atoms with Gasteiger partial charge in [-0.05, 0) is 59.8 Å². The summed E-state index contributed by atoms with van der Waals surface area (Å²) in [6, 6.07) is 6.14. The molecule has 132 valence electrons. The van der Waals surface area contributed by atoms with Crippen LogP contribution in [0.1, 0.15) is 32.2 Å². The highest BCUT2D eigenvalue weighted by Crippen LogP contribution is 2.34. The van der Waals surface area contributed by atoms with Crippen LogP contribution in [0.3, 0.4) is 0 Å². The van der Waals surface area contributed by atoms with E-state index in [1.807, 2.05) is 40.9 Å². The van der Waals surface area contributed by atoms with E-state index in [2.05, 4.69) is 26.2 Å². The quantitative estimate of drug-likeness (QED) is 0.740. The Kier molecular flexibility index (Phi) is 4.50. The molecule has 6 nitrogen and oxygen atoms in total. The first-order valence-corrected chi connectivity index (χ1v) is 9.55. The first-order valence-electron chi connectivity index (χ1n) is 8.76. The minimum Gasteiger partial charge on any atom is -0.493 e. The number of nitrogens with zero attached hydrogens (tertiary/aromatic N) is 4. The Balaban J connectivity index is 1.39. The Morgan fingerprint density at radius 2 is 2.16 bits per heavy atom. The van der Waals surface area contributed by atoms with Gasteiger partial charge in [0.2, 0.25) is 5.91 Å². The minimum absolute atomic E-state index is 0.232. The van der Waals surface area contributed by atoms with E-state index >= 15 is 0 Å². The number of aromatic nitrogens is 3. The molecule has 1 aromatic heterocycles. The van der Waals surface area contributed by atoms with E-state index in [-0.39, 0.29) is 11.9 Å². The third-order valence-electron chi connectivity index (χ3n) is 4.79. The van der Waals surface area contributed by atoms with Crippen molar-refractivity contribution in [2.24, 2.45) is 5.92 Å². The lowest BCUT2D eigenvalue weighted by Gasteiger charge is -2.39. The number of halogens is 1. The van der Waals surface area contributed by atoms with E-state index in [4.69, 9.17) is 4.74 Å². The van der Waals surface area contributed by atoms with Crippen LogP contribution in [0.15, 0.2) is 28.9 Å². The van der Waals surface area contributed by atoms with Crippen molar-refractivity contribution in [1.82, 2.24) is 19.9 Å². The molecule has 0 unspecified atom stereocenters. The van der Waals surface area contributed by atoms with Crippen molar-refractivity contribution in [2.45, 2.75) is 32.2 Å². The molecule has 1 aromatic carbocycles. The molecule has 0 N–H and O–H groups in total. The molecule has 0 bridgehead atoms. The summed E-state index contributed by atoms with van der Waals surface area (Å²) in [5.74, 6) is 1.75. The molecule has 2 fully saturated rings. The summed E-state index contributed by atoms with van der Waals surface area (Å²) in [5.41, 5.74) is 1.81. The van der Waals surface area contributed by atoms with Gasteiger partial charge in [0.05, 0.1) is 23.3 Å². The standard InChI is InChI=1S/C18H21BrN4O2/c1-2-25-17-6-5-13(8-15(17)19)16-11-23(21-20-16)14-9-22(10-14)18(24)7-12-3-4-12/h5-6,8,11-12,14H,2-4,7,9-10H2,1H3. The zero-order valence-corrected chi connectivity index (χ0v) is 15.8. The summed E-state index contributed by atoms with van der Waals surface area (Å²) in [6.07, 6.45) is 5.10. The number of ether oxygens (including phenoxy) is 1. The van der Waals surface area contributed by atoms with Crippen LogP contribution >= 0.6 is 15.9 Å². The fraction of sp³-hybridized carbons (Fsp3) is 0.500. The topological polar surface area (TPSA) is 60.2 Å². The van der Waals surface area contributed by atoms with Gasteiger partial charge in [-0.2, -0.15) is 0 Å². The van der Waals surface area contributed by atoms with Crippen molar-refractivity contribution >= 4 is 21.8 Å². The van der Waals surface area contributed by atoms with Gasteiger partial charge in [-0.1, -0.05) is 5.21 Å². The van der Waals surface area contributed by atoms with Crippen LogP contribution in [-0.4, -0.2) is 45.5 Å². The number of rotatable bonds is 6. The summed E-state index contributed by atoms with van der Waals surface area (Å²) in [7, 11) is 0. The van der Waals surface area contributed by atoms with E-state index in [1.54, 1.807) is 0 Å². The normalized spacial score (nSPS) is 17.4. The Hall–Kier alpha value is -1.89. The van der Waals surface area contributed by atoms with Crippen molar-refractivity contribution in [3.63, 3.8) is 0 Å². The van der Waals surface area contributed by atoms with Crippen molar-refractivity contribution in [3.05, 3.63) is 28.9 Å². The molecule has 1 aliphatic heterocycles. The van der Waals surface area contributed by atoms with Gasteiger partial charge >= 0.3 is 0 Å². The molecule has 2 heterocycles. The molecule has 0 spiro atoms. The Morgan fingerprint density at radius 1 is 1.36 bits per heavy atom. The Bertz CT molecular complexity index is 781. The van der Waals surface area contributed by atoms with Gasteiger partial charge in [0, 0.05) is 25.1 Å². The second-order valence-electron chi connectivity index (χ2n) is 6.76. The fourth-order valence-corrected chi connectivity index (χ4v) is 3.54. The molecular weight excluding hydrogens is 384 g/mol. The van der Waals surface area contributed by atoms with E-state index in [0.717, 1.165) is 41.0 Å². The summed E-state index contributed by atoms with van der Waals surface area (Å²) in [4.78, 5) is 14.0. The average Bonchev–Trinajstić information content (AvgIpc) is 3.22. The summed E-state index contributed by atoms with van der Waals surface area (Å²) in [5, 5.41) is 8.53. The predicted octanol–water partition coefficient (Wildman–Crippen LogP) is 3.29. The van der Waals surface area contributed by atoms with Gasteiger partial charge in [-0.3, -0.25) is 4.79 Å². The van der Waals surface area contributed by atoms with Crippen LogP contribution in [0.4, 0.5) is 0 Å². The molecule has 1 saturated heterocycles. The maximum atomic E-state index is 12.1. The van der Waals surface area contributed by atoms with Crippen LogP contribution < -0.4 is 4.74 Å². The molecule has 1 saturated carbocycles. The summed E-state index contributed by atoms with van der Waals surface area (Å²) in [6.45, 7) is 4.07. The van der Waals surface area contributed by atoms with Gasteiger partial charge in [-0.15, -0.1) is 5.10 Å². The third-order valence-corrected chi connectivity index (χ3v) is 5.41. The first-order chi connectivity index (χ1) is 12.1. The lowest BCUT2D eigenvalue weighted by Crippen LogP contribution is -2.51. The van der Waals surface area contributed by atoms with Gasteiger partial charge in [0.15, 0.2) is 0 Å². The van der Waals surface area contributed by atoms with Crippen molar-refractivity contribution in [1.29, 1.82) is 0 Å². The average molecular weight is 405 g/mol. The Labute approximate surface area is 155 Å². The van der Waals surface area contributed by atoms with Crippen LogP contribution in [0.25, 0.3) is 11.3 Å². The summed E-state index contributed by atoms with van der Waals surface area (Å²) >= 11 is 3.53. The number of carbonyl (C=O) groups is 1. The maximum Gasteiger partial charge on any atom is 0.222 e. The van der Waals surface area contributed by atoms with E-state index in [1.165, 1.54) is 12.8 Å². The number of benzene rings is 1. The highest BCUT2D eigenvalue weighted by molar-refractivity contribution is 9.10. The zero-order chi connectivity index (χ0) is 17.4. The summed E-state index contributed by atoms with van der Waals surface area (Å²) < 4.78 is 8.32. The minimum atomic E-state index is 0.232. The van der Waals surface area contributed by atoms with Crippen molar-refractivity contribution in [2.75, 3.05) is 19.7 Å². The van der Waals surface area contributed by atoms with E-state index in [0.29, 0.717) is 12.5 Å². The van der Waals surface area contributed by atoms with Crippen molar-refractivity contribution in [3.8, 4) is 17.0 Å². The first kappa shape index (κ1) is 16.6. The van der Waals surface area contributed by atoms with Crippen LogP contribution in [0.2, 0.25) is 0 Å². The molecular formula is C18H21BrN4O2. The molecule has 25 heavy (non-hydrogen) atoms. The van der Waals surface area contributed by atoms with Gasteiger partial charge in [0.25, 0.3) is 0 Å². The largest absolute Gasteiger partial charge is 0.493 e. The maximum absolute atomic E-state index is 12.1. The highest BCUT2D eigenvalue weighted by atomic mass is 79.9. The molecule has 2 aromatic rings. The van der Waals surface area contributed by atoms with E-state index in [9.17, 15) is 4.79 Å². The molecule has 0 radical (unpaired) electrons. The van der Waals surface area contributed by atoms with Crippen LogP contribution in [0, 0.1) is 5.92 Å². The fourth-order valence-electron chi connectivity index (χ4n) is 3.04. The van der Waals surface area contributed by atoms with Gasteiger partial charge < -0.3 is 9.64 Å². The highest BCUT2D eigenvalue weighted by Gasteiger charge is 2.35. The lowest BCUT2D eigenvalue weighted by molar-refractivity contribution is -0.137.